The molecule has 0 aliphatic rings. The molecule has 0 amide bonds. The van der Waals surface area contributed by atoms with E-state index in [9.17, 15) is 0 Å². The van der Waals surface area contributed by atoms with Crippen molar-refractivity contribution in [1.29, 1.82) is 0 Å². The van der Waals surface area contributed by atoms with E-state index in [-0.39, 0.29) is 0 Å². The molecule has 0 spiro atoms. The predicted molar refractivity (Wildman–Crippen MR) is 53.2 cm³/mol. The van der Waals surface area contributed by atoms with Gasteiger partial charge in [0.15, 0.2) is 0 Å². The van der Waals surface area contributed by atoms with Crippen molar-refractivity contribution >= 4 is 5.69 Å². The molecule has 4 nitrogen and oxygen atoms in total. The Hall–Kier alpha value is -1.29. The van der Waals surface area contributed by atoms with Crippen molar-refractivity contribution in [2.24, 2.45) is 0 Å². The molecule has 4 heteroatoms. The maximum Gasteiger partial charge on any atom is 0.145 e. The van der Waals surface area contributed by atoms with E-state index in [0.717, 1.165) is 24.5 Å². The van der Waals surface area contributed by atoms with Crippen molar-refractivity contribution in [2.75, 3.05) is 32.6 Å². The summed E-state index contributed by atoms with van der Waals surface area (Å²) in [5.74, 6) is 0.825. The summed E-state index contributed by atoms with van der Waals surface area (Å²) in [5, 5.41) is 6.27. The highest BCUT2D eigenvalue weighted by atomic mass is 16.5. The third-order valence-corrected chi connectivity index (χ3v) is 1.69. The Labute approximate surface area is 78.3 Å². The quantitative estimate of drug-likeness (QED) is 0.657. The van der Waals surface area contributed by atoms with Gasteiger partial charge in [0, 0.05) is 25.4 Å². The molecule has 0 radical (unpaired) electrons. The van der Waals surface area contributed by atoms with Gasteiger partial charge in [0.05, 0.1) is 19.0 Å². The first-order chi connectivity index (χ1) is 6.38. The number of methoxy groups -OCH3 is 1. The van der Waals surface area contributed by atoms with Crippen LogP contribution in [0.25, 0.3) is 0 Å². The second kappa shape index (κ2) is 5.37. The number of nitrogens with one attached hydrogen (secondary N) is 2. The van der Waals surface area contributed by atoms with E-state index in [1.165, 1.54) is 0 Å². The number of ether oxygens (including phenoxy) is 1. The zero-order valence-corrected chi connectivity index (χ0v) is 8.00. The fourth-order valence-electron chi connectivity index (χ4n) is 1.01. The van der Waals surface area contributed by atoms with Crippen LogP contribution in [-0.4, -0.2) is 32.2 Å². The summed E-state index contributed by atoms with van der Waals surface area (Å²) in [6.45, 7) is 1.77. The van der Waals surface area contributed by atoms with E-state index in [1.807, 2.05) is 13.1 Å². The van der Waals surface area contributed by atoms with Gasteiger partial charge >= 0.3 is 0 Å². The largest absolute Gasteiger partial charge is 0.494 e. The van der Waals surface area contributed by atoms with Crippen LogP contribution in [0, 0.1) is 0 Å². The van der Waals surface area contributed by atoms with Gasteiger partial charge in [0.1, 0.15) is 5.75 Å². The van der Waals surface area contributed by atoms with Crippen molar-refractivity contribution in [1.82, 2.24) is 10.3 Å². The minimum Gasteiger partial charge on any atom is -0.494 e. The zero-order chi connectivity index (χ0) is 9.52. The first kappa shape index (κ1) is 9.80. The first-order valence-corrected chi connectivity index (χ1v) is 4.25. The molecule has 0 saturated heterocycles. The highest BCUT2D eigenvalue weighted by Crippen LogP contribution is 2.20. The zero-order valence-electron chi connectivity index (χ0n) is 8.00. The van der Waals surface area contributed by atoms with Gasteiger partial charge in [0.25, 0.3) is 0 Å². The molecule has 0 fully saturated rings. The maximum atomic E-state index is 5.15. The lowest BCUT2D eigenvalue weighted by Gasteiger charge is -2.09. The van der Waals surface area contributed by atoms with E-state index in [4.69, 9.17) is 4.74 Å². The Kier molecular flexibility index (Phi) is 4.05. The maximum absolute atomic E-state index is 5.15. The molecule has 0 unspecified atom stereocenters. The standard InChI is InChI=1S/C9H15N3O/c1-10-5-6-12-8-7-11-4-3-9(8)13-2/h3-4,7,10,12H,5-6H2,1-2H3. The van der Waals surface area contributed by atoms with Crippen molar-refractivity contribution in [3.8, 4) is 5.75 Å². The van der Waals surface area contributed by atoms with Gasteiger partial charge in [-0.3, -0.25) is 4.98 Å². The molecule has 2 N–H and O–H groups in total. The topological polar surface area (TPSA) is 46.2 Å². The predicted octanol–water partition coefficient (Wildman–Crippen LogP) is 0.721. The van der Waals surface area contributed by atoms with Gasteiger partial charge in [-0.25, -0.2) is 0 Å². The second-order valence-electron chi connectivity index (χ2n) is 2.61. The Bertz CT molecular complexity index is 252. The molecule has 0 bridgehead atoms. The van der Waals surface area contributed by atoms with Crippen LogP contribution in [0.3, 0.4) is 0 Å². The van der Waals surface area contributed by atoms with Crippen molar-refractivity contribution < 1.29 is 4.74 Å². The molecule has 1 rings (SSSR count). The summed E-state index contributed by atoms with van der Waals surface area (Å²) in [5.41, 5.74) is 0.931. The van der Waals surface area contributed by atoms with Crippen molar-refractivity contribution in [2.45, 2.75) is 0 Å². The first-order valence-electron chi connectivity index (χ1n) is 4.25. The summed E-state index contributed by atoms with van der Waals surface area (Å²) in [7, 11) is 3.57. The number of likely N-dealkylation sites (N-methyl/N-ethyl adjacent to an activating group) is 1. The van der Waals surface area contributed by atoms with E-state index in [1.54, 1.807) is 19.5 Å². The van der Waals surface area contributed by atoms with E-state index in [0.29, 0.717) is 0 Å². The van der Waals surface area contributed by atoms with Gasteiger partial charge in [0.2, 0.25) is 0 Å². The summed E-state index contributed by atoms with van der Waals surface area (Å²) < 4.78 is 5.15. The molecule has 13 heavy (non-hydrogen) atoms. The highest BCUT2D eigenvalue weighted by molar-refractivity contribution is 5.53. The highest BCUT2D eigenvalue weighted by Gasteiger charge is 1.99. The fraction of sp³-hybridized carbons (Fsp3) is 0.444. The van der Waals surface area contributed by atoms with Crippen molar-refractivity contribution in [3.63, 3.8) is 0 Å². The van der Waals surface area contributed by atoms with Crippen LogP contribution in [0.5, 0.6) is 5.75 Å². The Morgan fingerprint density at radius 1 is 1.46 bits per heavy atom. The summed E-state index contributed by atoms with van der Waals surface area (Å²) in [4.78, 5) is 4.01. The van der Waals surface area contributed by atoms with Crippen LogP contribution in [0.1, 0.15) is 0 Å². The third kappa shape index (κ3) is 2.91. The number of nitrogens with zero attached hydrogens (tertiary/aromatic N) is 1. The summed E-state index contributed by atoms with van der Waals surface area (Å²) >= 11 is 0. The molecule has 72 valence electrons. The monoisotopic (exact) mass is 181 g/mol. The van der Waals surface area contributed by atoms with Crippen LogP contribution < -0.4 is 15.4 Å². The molecule has 1 aromatic rings. The Morgan fingerprint density at radius 2 is 2.31 bits per heavy atom. The fourth-order valence-corrected chi connectivity index (χ4v) is 1.01. The summed E-state index contributed by atoms with van der Waals surface area (Å²) in [6.07, 6.45) is 3.47. The molecule has 0 saturated carbocycles. The minimum absolute atomic E-state index is 0.825. The van der Waals surface area contributed by atoms with Crippen LogP contribution in [0.15, 0.2) is 18.5 Å². The number of aromatic nitrogens is 1. The molecule has 1 heterocycles. The SMILES string of the molecule is CNCCNc1cnccc1OC. The molecule has 0 aliphatic carbocycles. The number of hydrogen-bond donors (Lipinski definition) is 2. The van der Waals surface area contributed by atoms with Crippen LogP contribution in [0.4, 0.5) is 5.69 Å². The lowest BCUT2D eigenvalue weighted by molar-refractivity contribution is 0.416. The Morgan fingerprint density at radius 3 is 3.00 bits per heavy atom. The summed E-state index contributed by atoms with van der Waals surface area (Å²) in [6, 6.07) is 1.84. The van der Waals surface area contributed by atoms with Gasteiger partial charge < -0.3 is 15.4 Å². The lowest BCUT2D eigenvalue weighted by atomic mass is 10.4. The van der Waals surface area contributed by atoms with Crippen LogP contribution in [-0.2, 0) is 0 Å². The van der Waals surface area contributed by atoms with E-state index >= 15 is 0 Å². The number of rotatable bonds is 5. The average Bonchev–Trinajstić information content (AvgIpc) is 2.19. The number of hydrogen-bond acceptors (Lipinski definition) is 4. The minimum atomic E-state index is 0.825. The van der Waals surface area contributed by atoms with Crippen molar-refractivity contribution in [3.05, 3.63) is 18.5 Å². The number of pyridine rings is 1. The molecule has 0 atom stereocenters. The molecule has 1 aromatic heterocycles. The molecular formula is C9H15N3O. The normalized spacial score (nSPS) is 9.69. The third-order valence-electron chi connectivity index (χ3n) is 1.69. The van der Waals surface area contributed by atoms with Crippen LogP contribution in [0.2, 0.25) is 0 Å². The molecular weight excluding hydrogens is 166 g/mol. The Balaban J connectivity index is 2.54. The number of anilines is 1. The lowest BCUT2D eigenvalue weighted by Crippen LogP contribution is -2.18. The average molecular weight is 181 g/mol. The van der Waals surface area contributed by atoms with Gasteiger partial charge in [-0.05, 0) is 7.05 Å². The molecule has 0 aliphatic heterocycles. The van der Waals surface area contributed by atoms with Gasteiger partial charge in [-0.1, -0.05) is 0 Å². The van der Waals surface area contributed by atoms with Gasteiger partial charge in [-0.2, -0.15) is 0 Å². The van der Waals surface area contributed by atoms with E-state index in [2.05, 4.69) is 15.6 Å². The van der Waals surface area contributed by atoms with Crippen LogP contribution >= 0.6 is 0 Å². The smallest absolute Gasteiger partial charge is 0.145 e. The van der Waals surface area contributed by atoms with Gasteiger partial charge in [-0.15, -0.1) is 0 Å². The second-order valence-corrected chi connectivity index (χ2v) is 2.61. The van der Waals surface area contributed by atoms with E-state index < -0.39 is 0 Å². The molecule has 0 aromatic carbocycles.